The van der Waals surface area contributed by atoms with Crippen LogP contribution in [-0.2, 0) is 5.54 Å². The largest absolute Gasteiger partial charge is 0.395 e. The Hall–Kier alpha value is -4.27. The van der Waals surface area contributed by atoms with Crippen molar-refractivity contribution in [3.8, 4) is 28.3 Å². The van der Waals surface area contributed by atoms with Crippen molar-refractivity contribution >= 4 is 22.7 Å². The normalized spacial score (nSPS) is 14.4. The molecule has 186 valence electrons. The molecule has 37 heavy (non-hydrogen) atoms. The molecule has 0 saturated heterocycles. The maximum absolute atomic E-state index is 9.16. The van der Waals surface area contributed by atoms with Crippen LogP contribution in [0.2, 0.25) is 0 Å². The van der Waals surface area contributed by atoms with Gasteiger partial charge in [0.2, 0.25) is 0 Å². The van der Waals surface area contributed by atoms with Crippen LogP contribution in [0.5, 0.6) is 0 Å². The number of nitrogens with one attached hydrogen (secondary N) is 1. The van der Waals surface area contributed by atoms with Gasteiger partial charge in [-0.3, -0.25) is 4.57 Å². The fourth-order valence-electron chi connectivity index (χ4n) is 4.93. The summed E-state index contributed by atoms with van der Waals surface area (Å²) in [5.74, 6) is 1.09. The highest BCUT2D eigenvalue weighted by Gasteiger charge is 2.34. The topological polar surface area (TPSA) is 128 Å². The molecule has 8 nitrogen and oxygen atoms in total. The van der Waals surface area contributed by atoms with Gasteiger partial charge in [-0.05, 0) is 73.4 Å². The molecule has 3 aromatic heterocycles. The molecule has 0 aliphatic heterocycles. The first-order chi connectivity index (χ1) is 18.1. The number of nitrogens with two attached hydrogens (primary N) is 2. The number of aromatic nitrogens is 4. The number of anilines is 2. The first kappa shape index (κ1) is 23.1. The summed E-state index contributed by atoms with van der Waals surface area (Å²) >= 11 is 0. The summed E-state index contributed by atoms with van der Waals surface area (Å²) in [5, 5.41) is 12.4. The molecule has 6 rings (SSSR count). The van der Waals surface area contributed by atoms with Crippen LogP contribution in [0, 0.1) is 0 Å². The standard InChI is InChI=1S/C29H29N7O/c30-26-23(6-2-15-33-26)27-35-25-12-11-24(19-4-1-5-21(18-19)32-16-17-37)34-28(25)36(27)22-9-7-20(8-10-22)29(31)13-3-14-29/h1-2,4-12,15,18,32,37H,3,13-14,16-17,31H2,(H2,30,33). The average molecular weight is 492 g/mol. The highest BCUT2D eigenvalue weighted by Crippen LogP contribution is 2.39. The summed E-state index contributed by atoms with van der Waals surface area (Å²) in [4.78, 5) is 14.3. The molecule has 0 atom stereocenters. The predicted molar refractivity (Wildman–Crippen MR) is 147 cm³/mol. The Kier molecular flexibility index (Phi) is 5.82. The fourth-order valence-corrected chi connectivity index (χ4v) is 4.93. The number of aliphatic hydroxyl groups is 1. The molecule has 3 heterocycles. The third-order valence-electron chi connectivity index (χ3n) is 7.13. The number of imidazole rings is 1. The minimum Gasteiger partial charge on any atom is -0.395 e. The lowest BCUT2D eigenvalue weighted by Gasteiger charge is -2.38. The molecule has 1 aliphatic carbocycles. The second-order valence-corrected chi connectivity index (χ2v) is 9.53. The van der Waals surface area contributed by atoms with Gasteiger partial charge in [-0.2, -0.15) is 0 Å². The number of hydrogen-bond donors (Lipinski definition) is 4. The SMILES string of the molecule is Nc1ncccc1-c1nc2ccc(-c3cccc(NCCO)c3)nc2n1-c1ccc(C2(N)CCC2)cc1. The van der Waals surface area contributed by atoms with Gasteiger partial charge >= 0.3 is 0 Å². The average Bonchev–Trinajstić information content (AvgIpc) is 3.29. The Labute approximate surface area is 215 Å². The third-order valence-corrected chi connectivity index (χ3v) is 7.13. The number of rotatable bonds is 7. The summed E-state index contributed by atoms with van der Waals surface area (Å²) in [6.45, 7) is 0.552. The summed E-state index contributed by atoms with van der Waals surface area (Å²) in [6.07, 6.45) is 4.86. The zero-order chi connectivity index (χ0) is 25.4. The second kappa shape index (κ2) is 9.31. The van der Waals surface area contributed by atoms with E-state index in [4.69, 9.17) is 26.5 Å². The highest BCUT2D eigenvalue weighted by atomic mass is 16.3. The number of pyridine rings is 2. The fraction of sp³-hybridized carbons (Fsp3) is 0.207. The number of aliphatic hydroxyl groups excluding tert-OH is 1. The minimum absolute atomic E-state index is 0.0674. The van der Waals surface area contributed by atoms with E-state index in [0.717, 1.165) is 64.2 Å². The van der Waals surface area contributed by atoms with Crippen molar-refractivity contribution in [2.45, 2.75) is 24.8 Å². The van der Waals surface area contributed by atoms with Gasteiger partial charge in [-0.15, -0.1) is 0 Å². The van der Waals surface area contributed by atoms with Crippen molar-refractivity contribution in [1.82, 2.24) is 19.5 Å². The third kappa shape index (κ3) is 4.20. The smallest absolute Gasteiger partial charge is 0.165 e. The minimum atomic E-state index is -0.230. The van der Waals surface area contributed by atoms with Crippen molar-refractivity contribution in [3.05, 3.63) is 84.6 Å². The number of benzene rings is 2. The molecule has 1 aliphatic rings. The van der Waals surface area contributed by atoms with Gasteiger partial charge in [0.25, 0.3) is 0 Å². The molecule has 0 spiro atoms. The van der Waals surface area contributed by atoms with E-state index in [1.165, 1.54) is 0 Å². The van der Waals surface area contributed by atoms with Crippen LogP contribution in [-0.4, -0.2) is 37.8 Å². The summed E-state index contributed by atoms with van der Waals surface area (Å²) < 4.78 is 2.04. The lowest BCUT2D eigenvalue weighted by molar-refractivity contribution is 0.253. The Balaban J connectivity index is 1.51. The van der Waals surface area contributed by atoms with Gasteiger partial charge < -0.3 is 21.9 Å². The van der Waals surface area contributed by atoms with Gasteiger partial charge in [-0.1, -0.05) is 24.3 Å². The van der Waals surface area contributed by atoms with E-state index in [2.05, 4.69) is 34.6 Å². The Bertz CT molecular complexity index is 1570. The van der Waals surface area contributed by atoms with Crippen molar-refractivity contribution < 1.29 is 5.11 Å². The van der Waals surface area contributed by atoms with Crippen LogP contribution in [0.3, 0.4) is 0 Å². The van der Waals surface area contributed by atoms with Crippen LogP contribution < -0.4 is 16.8 Å². The lowest BCUT2D eigenvalue weighted by Crippen LogP contribution is -2.43. The molecule has 8 heteroatoms. The zero-order valence-corrected chi connectivity index (χ0v) is 20.4. The van der Waals surface area contributed by atoms with E-state index in [9.17, 15) is 0 Å². The lowest BCUT2D eigenvalue weighted by atomic mass is 9.73. The van der Waals surface area contributed by atoms with Crippen LogP contribution in [0.25, 0.3) is 39.5 Å². The van der Waals surface area contributed by atoms with E-state index in [0.29, 0.717) is 18.2 Å². The number of fused-ring (bicyclic) bond motifs is 1. The zero-order valence-electron chi connectivity index (χ0n) is 20.4. The van der Waals surface area contributed by atoms with Crippen molar-refractivity contribution in [1.29, 1.82) is 0 Å². The van der Waals surface area contributed by atoms with Gasteiger partial charge in [0.15, 0.2) is 11.5 Å². The predicted octanol–water partition coefficient (Wildman–Crippen LogP) is 4.47. The maximum atomic E-state index is 9.16. The Morgan fingerprint density at radius 2 is 1.81 bits per heavy atom. The molecule has 5 aromatic rings. The van der Waals surface area contributed by atoms with E-state index < -0.39 is 0 Å². The molecule has 0 amide bonds. The Morgan fingerprint density at radius 3 is 2.54 bits per heavy atom. The molecule has 0 bridgehead atoms. The first-order valence-electron chi connectivity index (χ1n) is 12.5. The molecule has 6 N–H and O–H groups in total. The maximum Gasteiger partial charge on any atom is 0.165 e. The molecular formula is C29H29N7O. The van der Waals surface area contributed by atoms with Gasteiger partial charge in [-0.25, -0.2) is 15.0 Å². The molecular weight excluding hydrogens is 462 g/mol. The van der Waals surface area contributed by atoms with E-state index in [1.54, 1.807) is 6.20 Å². The molecule has 2 aromatic carbocycles. The van der Waals surface area contributed by atoms with Gasteiger partial charge in [0, 0.05) is 35.2 Å². The van der Waals surface area contributed by atoms with Crippen LogP contribution >= 0.6 is 0 Å². The monoisotopic (exact) mass is 491 g/mol. The van der Waals surface area contributed by atoms with E-state index in [1.807, 2.05) is 53.1 Å². The highest BCUT2D eigenvalue weighted by molar-refractivity contribution is 5.84. The van der Waals surface area contributed by atoms with Crippen LogP contribution in [0.15, 0.2) is 79.0 Å². The van der Waals surface area contributed by atoms with Crippen molar-refractivity contribution in [2.24, 2.45) is 5.73 Å². The number of nitrogen functional groups attached to an aromatic ring is 1. The Morgan fingerprint density at radius 1 is 0.973 bits per heavy atom. The van der Waals surface area contributed by atoms with Crippen LogP contribution in [0.4, 0.5) is 11.5 Å². The molecule has 0 radical (unpaired) electrons. The van der Waals surface area contributed by atoms with Gasteiger partial charge in [0.1, 0.15) is 11.3 Å². The van der Waals surface area contributed by atoms with Crippen LogP contribution in [0.1, 0.15) is 24.8 Å². The molecule has 0 unspecified atom stereocenters. The quantitative estimate of drug-likeness (QED) is 0.264. The second-order valence-electron chi connectivity index (χ2n) is 9.53. The summed E-state index contributed by atoms with van der Waals surface area (Å²) in [5.41, 5.74) is 19.6. The van der Waals surface area contributed by atoms with E-state index >= 15 is 0 Å². The van der Waals surface area contributed by atoms with Gasteiger partial charge in [0.05, 0.1) is 17.9 Å². The summed E-state index contributed by atoms with van der Waals surface area (Å²) in [6, 6.07) is 24.1. The number of nitrogens with zero attached hydrogens (tertiary/aromatic N) is 4. The van der Waals surface area contributed by atoms with E-state index in [-0.39, 0.29) is 12.1 Å². The van der Waals surface area contributed by atoms with Crippen molar-refractivity contribution in [2.75, 3.05) is 24.2 Å². The molecule has 1 fully saturated rings. The summed E-state index contributed by atoms with van der Waals surface area (Å²) in [7, 11) is 0. The molecule has 1 saturated carbocycles. The van der Waals surface area contributed by atoms with Crippen molar-refractivity contribution in [3.63, 3.8) is 0 Å². The first-order valence-corrected chi connectivity index (χ1v) is 12.5. The number of hydrogen-bond acceptors (Lipinski definition) is 7.